The first kappa shape index (κ1) is 15.6. The van der Waals surface area contributed by atoms with E-state index in [1.807, 2.05) is 41.3 Å². The van der Waals surface area contributed by atoms with E-state index >= 15 is 0 Å². The summed E-state index contributed by atoms with van der Waals surface area (Å²) in [7, 11) is 0. The van der Waals surface area contributed by atoms with Crippen LogP contribution in [0.1, 0.15) is 28.8 Å². The Hall–Kier alpha value is -1.91. The third-order valence-corrected chi connectivity index (χ3v) is 6.15. The molecule has 0 bridgehead atoms. The van der Waals surface area contributed by atoms with Crippen LogP contribution >= 0.6 is 11.3 Å². The summed E-state index contributed by atoms with van der Waals surface area (Å²) in [5.41, 5.74) is 2.34. The maximum atomic E-state index is 12.4. The molecule has 1 spiro atoms. The minimum Gasteiger partial charge on any atom is -0.369 e. The lowest BCUT2D eigenvalue weighted by atomic mass is 9.85. The van der Waals surface area contributed by atoms with Gasteiger partial charge in [0.25, 0.3) is 0 Å². The van der Waals surface area contributed by atoms with Gasteiger partial charge in [-0.3, -0.25) is 4.79 Å². The zero-order valence-electron chi connectivity index (χ0n) is 13.6. The van der Waals surface area contributed by atoms with Crippen molar-refractivity contribution in [1.29, 1.82) is 0 Å². The van der Waals surface area contributed by atoms with E-state index in [2.05, 4.69) is 11.4 Å². The maximum Gasteiger partial charge on any atom is 0.246 e. The van der Waals surface area contributed by atoms with Gasteiger partial charge in [-0.2, -0.15) is 0 Å². The van der Waals surface area contributed by atoms with Crippen molar-refractivity contribution in [2.24, 2.45) is 0 Å². The van der Waals surface area contributed by atoms with E-state index in [0.29, 0.717) is 0 Å². The standard InChI is InChI=1S/C20H21NO2S/c22-18(7-6-16-4-2-1-3-5-16)21-12-10-20(11-13-21)19-17(8-14-23-20)9-15-24-19/h1-7,9,15H,8,10-14H2/b7-6+. The summed E-state index contributed by atoms with van der Waals surface area (Å²) in [5.74, 6) is 0.0934. The first-order valence-electron chi connectivity index (χ1n) is 8.50. The molecule has 0 saturated carbocycles. The molecule has 4 heteroatoms. The van der Waals surface area contributed by atoms with Gasteiger partial charge in [-0.25, -0.2) is 0 Å². The van der Waals surface area contributed by atoms with Crippen molar-refractivity contribution in [2.45, 2.75) is 24.9 Å². The Morgan fingerprint density at radius 2 is 1.96 bits per heavy atom. The second-order valence-electron chi connectivity index (χ2n) is 6.44. The van der Waals surface area contributed by atoms with Crippen LogP contribution in [0.4, 0.5) is 0 Å². The predicted octanol–water partition coefficient (Wildman–Crippen LogP) is 3.85. The molecule has 1 aromatic heterocycles. The lowest BCUT2D eigenvalue weighted by molar-refractivity contribution is -0.135. The van der Waals surface area contributed by atoms with Gasteiger partial charge in [-0.15, -0.1) is 11.3 Å². The van der Waals surface area contributed by atoms with Crippen molar-refractivity contribution in [3.63, 3.8) is 0 Å². The average molecular weight is 339 g/mol. The highest BCUT2D eigenvalue weighted by atomic mass is 32.1. The van der Waals surface area contributed by atoms with Crippen molar-refractivity contribution in [3.05, 3.63) is 63.9 Å². The van der Waals surface area contributed by atoms with Gasteiger partial charge in [-0.05, 0) is 47.9 Å². The van der Waals surface area contributed by atoms with Crippen LogP contribution in [0.3, 0.4) is 0 Å². The number of piperidine rings is 1. The molecule has 0 aliphatic carbocycles. The lowest BCUT2D eigenvalue weighted by Crippen LogP contribution is -2.47. The van der Waals surface area contributed by atoms with E-state index in [1.165, 1.54) is 10.4 Å². The molecule has 2 aliphatic rings. The van der Waals surface area contributed by atoms with Crippen LogP contribution in [0, 0.1) is 0 Å². The number of rotatable bonds is 2. The van der Waals surface area contributed by atoms with Gasteiger partial charge in [0.1, 0.15) is 5.60 Å². The van der Waals surface area contributed by atoms with Crippen molar-refractivity contribution >= 4 is 23.3 Å². The second-order valence-corrected chi connectivity index (χ2v) is 7.35. The molecular formula is C20H21NO2S. The van der Waals surface area contributed by atoms with Crippen LogP contribution < -0.4 is 0 Å². The van der Waals surface area contributed by atoms with Crippen molar-refractivity contribution in [2.75, 3.05) is 19.7 Å². The third kappa shape index (κ3) is 2.92. The molecule has 0 N–H and O–H groups in total. The first-order valence-corrected chi connectivity index (χ1v) is 9.38. The van der Waals surface area contributed by atoms with Gasteiger partial charge < -0.3 is 9.64 Å². The molecule has 4 rings (SSSR count). The summed E-state index contributed by atoms with van der Waals surface area (Å²) in [5, 5.41) is 2.17. The summed E-state index contributed by atoms with van der Waals surface area (Å²) >= 11 is 1.81. The van der Waals surface area contributed by atoms with Crippen LogP contribution in [0.25, 0.3) is 6.08 Å². The number of carbonyl (C=O) groups is 1. The molecule has 0 unspecified atom stereocenters. The Morgan fingerprint density at radius 1 is 1.17 bits per heavy atom. The molecule has 24 heavy (non-hydrogen) atoms. The van der Waals surface area contributed by atoms with Gasteiger partial charge in [0.2, 0.25) is 5.91 Å². The quantitative estimate of drug-likeness (QED) is 0.778. The van der Waals surface area contributed by atoms with Crippen LogP contribution in [0.5, 0.6) is 0 Å². The van der Waals surface area contributed by atoms with Crippen LogP contribution in [0.15, 0.2) is 47.9 Å². The molecule has 2 aliphatic heterocycles. The molecule has 3 heterocycles. The van der Waals surface area contributed by atoms with E-state index in [-0.39, 0.29) is 11.5 Å². The molecule has 2 aromatic rings. The fraction of sp³-hybridized carbons (Fsp3) is 0.350. The summed E-state index contributed by atoms with van der Waals surface area (Å²) in [6, 6.07) is 12.2. The normalized spacial score (nSPS) is 19.6. The summed E-state index contributed by atoms with van der Waals surface area (Å²) in [4.78, 5) is 15.8. The van der Waals surface area contributed by atoms with Crippen LogP contribution in [-0.4, -0.2) is 30.5 Å². The minimum atomic E-state index is -0.151. The number of hydrogen-bond acceptors (Lipinski definition) is 3. The summed E-state index contributed by atoms with van der Waals surface area (Å²) < 4.78 is 6.20. The topological polar surface area (TPSA) is 29.5 Å². The number of amides is 1. The van der Waals surface area contributed by atoms with E-state index in [1.54, 1.807) is 17.4 Å². The molecule has 1 aromatic carbocycles. The Morgan fingerprint density at radius 3 is 2.75 bits per heavy atom. The fourth-order valence-electron chi connectivity index (χ4n) is 3.65. The summed E-state index contributed by atoms with van der Waals surface area (Å²) in [6.07, 6.45) is 6.38. The third-order valence-electron chi connectivity index (χ3n) is 5.01. The van der Waals surface area contributed by atoms with Crippen molar-refractivity contribution in [3.8, 4) is 0 Å². The highest BCUT2D eigenvalue weighted by Crippen LogP contribution is 2.44. The molecular weight excluding hydrogens is 318 g/mol. The Balaban J connectivity index is 1.42. The van der Waals surface area contributed by atoms with Crippen LogP contribution in [0.2, 0.25) is 0 Å². The number of hydrogen-bond donors (Lipinski definition) is 0. The number of fused-ring (bicyclic) bond motifs is 2. The lowest BCUT2D eigenvalue weighted by Gasteiger charge is -2.43. The van der Waals surface area contributed by atoms with Gasteiger partial charge in [-0.1, -0.05) is 30.3 Å². The summed E-state index contributed by atoms with van der Waals surface area (Å²) in [6.45, 7) is 2.32. The molecule has 1 amide bonds. The van der Waals surface area contributed by atoms with Gasteiger partial charge >= 0.3 is 0 Å². The smallest absolute Gasteiger partial charge is 0.246 e. The SMILES string of the molecule is O=C(/C=C/c1ccccc1)N1CCC2(CC1)OCCc1ccsc12. The molecule has 1 fully saturated rings. The maximum absolute atomic E-state index is 12.4. The zero-order valence-corrected chi connectivity index (χ0v) is 14.4. The molecule has 1 saturated heterocycles. The van der Waals surface area contributed by atoms with Gasteiger partial charge in [0.15, 0.2) is 0 Å². The largest absolute Gasteiger partial charge is 0.369 e. The monoisotopic (exact) mass is 339 g/mol. The highest BCUT2D eigenvalue weighted by molar-refractivity contribution is 7.10. The molecule has 3 nitrogen and oxygen atoms in total. The number of benzene rings is 1. The number of nitrogens with zero attached hydrogens (tertiary/aromatic N) is 1. The van der Waals surface area contributed by atoms with Crippen LogP contribution in [-0.2, 0) is 21.6 Å². The minimum absolute atomic E-state index is 0.0934. The number of carbonyl (C=O) groups excluding carboxylic acids is 1. The Labute approximate surface area is 146 Å². The Bertz CT molecular complexity index is 742. The average Bonchev–Trinajstić information content (AvgIpc) is 3.12. The van der Waals surface area contributed by atoms with E-state index < -0.39 is 0 Å². The molecule has 124 valence electrons. The fourth-order valence-corrected chi connectivity index (χ4v) is 4.82. The van der Waals surface area contributed by atoms with Gasteiger partial charge in [0.05, 0.1) is 6.61 Å². The second kappa shape index (κ2) is 6.54. The van der Waals surface area contributed by atoms with Gasteiger partial charge in [0, 0.05) is 24.0 Å². The van der Waals surface area contributed by atoms with E-state index in [0.717, 1.165) is 44.5 Å². The zero-order chi connectivity index (χ0) is 16.4. The number of ether oxygens (including phenoxy) is 1. The number of thiophene rings is 1. The van der Waals surface area contributed by atoms with E-state index in [9.17, 15) is 4.79 Å². The molecule has 0 radical (unpaired) electrons. The van der Waals surface area contributed by atoms with Crippen molar-refractivity contribution < 1.29 is 9.53 Å². The highest BCUT2D eigenvalue weighted by Gasteiger charge is 2.42. The molecule has 0 atom stereocenters. The Kier molecular flexibility index (Phi) is 4.25. The predicted molar refractivity (Wildman–Crippen MR) is 96.9 cm³/mol. The van der Waals surface area contributed by atoms with E-state index in [4.69, 9.17) is 4.74 Å². The first-order chi connectivity index (χ1) is 11.8. The van der Waals surface area contributed by atoms with Crippen molar-refractivity contribution in [1.82, 2.24) is 4.90 Å². The number of likely N-dealkylation sites (tertiary alicyclic amines) is 1.